The monoisotopic (exact) mass is 276 g/mol. The van der Waals surface area contributed by atoms with Crippen LogP contribution in [0, 0.1) is 0 Å². The minimum atomic E-state index is -3.66. The highest BCUT2D eigenvalue weighted by molar-refractivity contribution is 7.89. The number of piperidine rings is 1. The van der Waals surface area contributed by atoms with E-state index in [4.69, 9.17) is 0 Å². The van der Waals surface area contributed by atoms with E-state index in [0.717, 1.165) is 24.3 Å². The van der Waals surface area contributed by atoms with Gasteiger partial charge in [-0.15, -0.1) is 0 Å². The molecule has 2 aliphatic heterocycles. The third kappa shape index (κ3) is 1.71. The molecule has 0 amide bonds. The van der Waals surface area contributed by atoms with Gasteiger partial charge in [-0.1, -0.05) is 0 Å². The molecule has 8 heteroatoms. The molecule has 0 spiro atoms. The third-order valence-electron chi connectivity index (χ3n) is 3.35. The van der Waals surface area contributed by atoms with Crippen molar-refractivity contribution in [2.24, 2.45) is 0 Å². The van der Waals surface area contributed by atoms with Gasteiger partial charge in [-0.2, -0.15) is 0 Å². The fourth-order valence-electron chi connectivity index (χ4n) is 2.36. The molecule has 0 radical (unpaired) electrons. The van der Waals surface area contributed by atoms with Gasteiger partial charge in [0.1, 0.15) is 0 Å². The summed E-state index contributed by atoms with van der Waals surface area (Å²) in [6.07, 6.45) is 2.02. The average Bonchev–Trinajstić information content (AvgIpc) is 2.37. The Bertz CT molecular complexity index is 498. The van der Waals surface area contributed by atoms with Crippen LogP contribution in [0.5, 0.6) is 0 Å². The first-order chi connectivity index (χ1) is 8.41. The highest BCUT2D eigenvalue weighted by Crippen LogP contribution is 2.34. The molecule has 1 N–H and O–H groups in total. The predicted octanol–water partition coefficient (Wildman–Crippen LogP) is -0.0263. The van der Waals surface area contributed by atoms with Crippen LogP contribution >= 0.6 is 0 Å². The van der Waals surface area contributed by atoms with Crippen LogP contribution in [0.25, 0.3) is 0 Å². The van der Waals surface area contributed by atoms with Crippen LogP contribution in [0.1, 0.15) is 19.3 Å². The molecule has 2 aliphatic rings. The highest BCUT2D eigenvalue weighted by atomic mass is 32.2. The largest absolute Gasteiger partial charge is 0.493 e. The first-order valence-electron chi connectivity index (χ1n) is 5.67. The van der Waals surface area contributed by atoms with E-state index < -0.39 is 21.4 Å². The molecule has 0 aromatic carbocycles. The van der Waals surface area contributed by atoms with Gasteiger partial charge in [0.05, 0.1) is 7.11 Å². The number of ether oxygens (including phenoxy) is 1. The second-order valence-corrected chi connectivity index (χ2v) is 6.44. The van der Waals surface area contributed by atoms with Crippen molar-refractivity contribution in [2.75, 3.05) is 20.7 Å². The minimum Gasteiger partial charge on any atom is -0.493 e. The van der Waals surface area contributed by atoms with Crippen LogP contribution in [0.3, 0.4) is 0 Å². The summed E-state index contributed by atoms with van der Waals surface area (Å²) in [5, 5.41) is 9.28. The first-order valence-corrected chi connectivity index (χ1v) is 7.17. The number of carbonyl (C=O) groups excluding carboxylic acids is 1. The lowest BCUT2D eigenvalue weighted by Gasteiger charge is -2.42. The number of hydrogen-bond acceptors (Lipinski definition) is 6. The Kier molecular flexibility index (Phi) is 3.14. The van der Waals surface area contributed by atoms with Crippen molar-refractivity contribution in [1.29, 1.82) is 0 Å². The maximum absolute atomic E-state index is 12.3. The number of rotatable bonds is 1. The van der Waals surface area contributed by atoms with Crippen LogP contribution in [0.15, 0.2) is 11.6 Å². The summed E-state index contributed by atoms with van der Waals surface area (Å²) in [5.74, 6) is -1.17. The van der Waals surface area contributed by atoms with Gasteiger partial charge in [0.15, 0.2) is 11.1 Å². The average molecular weight is 276 g/mol. The number of fused-ring (bicyclic) bond motifs is 1. The second-order valence-electron chi connectivity index (χ2n) is 4.32. The van der Waals surface area contributed by atoms with Gasteiger partial charge in [0, 0.05) is 13.6 Å². The number of nitrogens with zero attached hydrogens (tertiary/aromatic N) is 2. The lowest BCUT2D eigenvalue weighted by atomic mass is 10.1. The van der Waals surface area contributed by atoms with E-state index in [1.807, 2.05) is 0 Å². The van der Waals surface area contributed by atoms with E-state index in [2.05, 4.69) is 4.74 Å². The van der Waals surface area contributed by atoms with Gasteiger partial charge >= 0.3 is 5.97 Å². The number of aliphatic hydroxyl groups excluding tert-OH is 1. The molecule has 0 bridgehead atoms. The number of likely N-dealkylation sites (N-methyl/N-ethyl adjacent to an activating group) is 1. The summed E-state index contributed by atoms with van der Waals surface area (Å²) in [7, 11) is -1.26. The Balaban J connectivity index is 2.55. The van der Waals surface area contributed by atoms with Crippen molar-refractivity contribution in [1.82, 2.24) is 9.21 Å². The molecule has 1 unspecified atom stereocenters. The minimum absolute atomic E-state index is 0.316. The van der Waals surface area contributed by atoms with Gasteiger partial charge in [0.2, 0.25) is 5.88 Å². The molecule has 102 valence electrons. The smallest absolute Gasteiger partial charge is 0.360 e. The molecule has 0 aromatic rings. The summed E-state index contributed by atoms with van der Waals surface area (Å²) >= 11 is 0. The van der Waals surface area contributed by atoms with Gasteiger partial charge in [-0.3, -0.25) is 4.31 Å². The number of hydrogen-bond donors (Lipinski definition) is 1. The van der Waals surface area contributed by atoms with Gasteiger partial charge < -0.3 is 14.7 Å². The Morgan fingerprint density at radius 2 is 2.11 bits per heavy atom. The van der Waals surface area contributed by atoms with E-state index in [1.165, 1.54) is 11.9 Å². The van der Waals surface area contributed by atoms with Gasteiger partial charge in [-0.25, -0.2) is 13.2 Å². The van der Waals surface area contributed by atoms with Crippen LogP contribution in [0.4, 0.5) is 0 Å². The zero-order chi connectivity index (χ0) is 13.5. The Morgan fingerprint density at radius 3 is 2.72 bits per heavy atom. The van der Waals surface area contributed by atoms with Crippen LogP contribution in [-0.2, 0) is 19.6 Å². The summed E-state index contributed by atoms with van der Waals surface area (Å²) in [6, 6.07) is 0. The van der Waals surface area contributed by atoms with Crippen molar-refractivity contribution < 1.29 is 23.1 Å². The molecular formula is C10H16N2O5S. The lowest BCUT2D eigenvalue weighted by Crippen LogP contribution is -2.54. The van der Waals surface area contributed by atoms with E-state index in [9.17, 15) is 18.3 Å². The Hall–Kier alpha value is -1.44. The van der Waals surface area contributed by atoms with E-state index in [-0.39, 0.29) is 11.6 Å². The van der Waals surface area contributed by atoms with Crippen molar-refractivity contribution >= 4 is 16.0 Å². The Morgan fingerprint density at radius 1 is 1.44 bits per heavy atom. The zero-order valence-corrected chi connectivity index (χ0v) is 11.1. The summed E-state index contributed by atoms with van der Waals surface area (Å²) in [4.78, 5) is 12.9. The van der Waals surface area contributed by atoms with Crippen LogP contribution < -0.4 is 0 Å². The Labute approximate surface area is 106 Å². The van der Waals surface area contributed by atoms with E-state index >= 15 is 0 Å². The fraction of sp³-hybridized carbons (Fsp3) is 0.700. The predicted molar refractivity (Wildman–Crippen MR) is 62.7 cm³/mol. The van der Waals surface area contributed by atoms with Crippen molar-refractivity contribution in [2.45, 2.75) is 24.6 Å². The van der Waals surface area contributed by atoms with Crippen molar-refractivity contribution in [3.05, 3.63) is 11.6 Å². The summed E-state index contributed by atoms with van der Waals surface area (Å²) < 4.78 is 29.8. The molecule has 0 aliphatic carbocycles. The highest BCUT2D eigenvalue weighted by Gasteiger charge is 2.46. The van der Waals surface area contributed by atoms with Crippen molar-refractivity contribution in [3.8, 4) is 0 Å². The number of sulfonamides is 1. The molecule has 2 rings (SSSR count). The molecule has 7 nitrogen and oxygen atoms in total. The number of methoxy groups -OCH3 is 1. The number of aliphatic hydroxyl groups is 1. The number of carbonyl (C=O) groups is 1. The standard InChI is InChI=1S/C10H16N2O5S/c1-11-8(10(14)17-2)9(13)12-6-4-3-5-7(12)18(11,15)16/h7,13H,3-6H2,1-2H3. The molecule has 18 heavy (non-hydrogen) atoms. The second kappa shape index (κ2) is 4.34. The van der Waals surface area contributed by atoms with E-state index in [0.29, 0.717) is 13.0 Å². The molecule has 0 saturated carbocycles. The summed E-state index contributed by atoms with van der Waals surface area (Å²) in [6.45, 7) is 0.421. The quantitative estimate of drug-likeness (QED) is 0.677. The van der Waals surface area contributed by atoms with E-state index in [1.54, 1.807) is 0 Å². The normalized spacial score (nSPS) is 26.9. The summed E-state index contributed by atoms with van der Waals surface area (Å²) in [5.41, 5.74) is -0.323. The molecule has 0 aromatic heterocycles. The molecule has 1 atom stereocenters. The maximum atomic E-state index is 12.3. The van der Waals surface area contributed by atoms with Crippen LogP contribution in [0.2, 0.25) is 0 Å². The maximum Gasteiger partial charge on any atom is 0.360 e. The lowest BCUT2D eigenvalue weighted by molar-refractivity contribution is -0.138. The first kappa shape index (κ1) is 13.0. The fourth-order valence-corrected chi connectivity index (χ4v) is 4.12. The van der Waals surface area contributed by atoms with Crippen molar-refractivity contribution in [3.63, 3.8) is 0 Å². The molecule has 1 fully saturated rings. The SMILES string of the molecule is COC(=O)C1=C(O)N2CCCCC2S(=O)(=O)N1C. The molecule has 2 heterocycles. The van der Waals surface area contributed by atoms with Crippen LogP contribution in [-0.4, -0.2) is 54.8 Å². The van der Waals surface area contributed by atoms with Gasteiger partial charge in [-0.05, 0) is 19.3 Å². The zero-order valence-electron chi connectivity index (χ0n) is 10.3. The molecular weight excluding hydrogens is 260 g/mol. The molecule has 1 saturated heterocycles. The topological polar surface area (TPSA) is 87.1 Å². The number of esters is 1. The van der Waals surface area contributed by atoms with Gasteiger partial charge in [0.25, 0.3) is 10.0 Å². The third-order valence-corrected chi connectivity index (χ3v) is 5.47.